The molecule has 1 aliphatic heterocycles. The standard InChI is InChI=1S/C22H26N4O/c1-16-10-12-26(13-11-16)15-21-24-19-14-18(8-9-20(19)25(21)2)23-22(27)17-6-4-3-5-7-17/h3-9,14,16H,10-13,15H2,1-2H3,(H,23,27). The first kappa shape index (κ1) is 17.7. The predicted octanol–water partition coefficient (Wildman–Crippen LogP) is 4.06. The van der Waals surface area contributed by atoms with E-state index in [0.29, 0.717) is 5.56 Å². The number of likely N-dealkylation sites (tertiary alicyclic amines) is 1. The average Bonchev–Trinajstić information content (AvgIpc) is 2.99. The van der Waals surface area contributed by atoms with E-state index >= 15 is 0 Å². The molecule has 1 aromatic heterocycles. The lowest BCUT2D eigenvalue weighted by Gasteiger charge is -2.29. The Morgan fingerprint density at radius 2 is 1.89 bits per heavy atom. The van der Waals surface area contributed by atoms with E-state index in [1.54, 1.807) is 0 Å². The zero-order valence-corrected chi connectivity index (χ0v) is 16.0. The predicted molar refractivity (Wildman–Crippen MR) is 109 cm³/mol. The van der Waals surface area contributed by atoms with Crippen molar-refractivity contribution in [2.75, 3.05) is 18.4 Å². The number of piperidine rings is 1. The van der Waals surface area contributed by atoms with Crippen molar-refractivity contribution in [3.8, 4) is 0 Å². The van der Waals surface area contributed by atoms with Gasteiger partial charge in [-0.25, -0.2) is 4.98 Å². The van der Waals surface area contributed by atoms with E-state index in [-0.39, 0.29) is 5.91 Å². The van der Waals surface area contributed by atoms with Gasteiger partial charge in [-0.3, -0.25) is 9.69 Å². The summed E-state index contributed by atoms with van der Waals surface area (Å²) < 4.78 is 2.16. The van der Waals surface area contributed by atoms with Gasteiger partial charge in [-0.2, -0.15) is 0 Å². The molecule has 5 nitrogen and oxygen atoms in total. The van der Waals surface area contributed by atoms with Crippen molar-refractivity contribution in [1.29, 1.82) is 0 Å². The summed E-state index contributed by atoms with van der Waals surface area (Å²) in [5.41, 5.74) is 3.43. The van der Waals surface area contributed by atoms with E-state index in [0.717, 1.165) is 48.1 Å². The number of rotatable bonds is 4. The number of anilines is 1. The second-order valence-electron chi connectivity index (χ2n) is 7.57. The average molecular weight is 362 g/mol. The molecule has 1 amide bonds. The van der Waals surface area contributed by atoms with Crippen molar-refractivity contribution < 1.29 is 4.79 Å². The first-order valence-electron chi connectivity index (χ1n) is 9.64. The minimum Gasteiger partial charge on any atom is -0.330 e. The smallest absolute Gasteiger partial charge is 0.255 e. The molecule has 0 radical (unpaired) electrons. The third-order valence-electron chi connectivity index (χ3n) is 5.51. The second-order valence-corrected chi connectivity index (χ2v) is 7.57. The van der Waals surface area contributed by atoms with Gasteiger partial charge < -0.3 is 9.88 Å². The van der Waals surface area contributed by atoms with Crippen LogP contribution in [0.2, 0.25) is 0 Å². The number of nitrogens with zero attached hydrogens (tertiary/aromatic N) is 3. The van der Waals surface area contributed by atoms with Gasteiger partial charge in [0.25, 0.3) is 5.91 Å². The highest BCUT2D eigenvalue weighted by Crippen LogP contribution is 2.23. The summed E-state index contributed by atoms with van der Waals surface area (Å²) >= 11 is 0. The highest BCUT2D eigenvalue weighted by molar-refractivity contribution is 6.04. The van der Waals surface area contributed by atoms with Crippen molar-refractivity contribution in [2.24, 2.45) is 13.0 Å². The molecule has 5 heteroatoms. The van der Waals surface area contributed by atoms with Crippen molar-refractivity contribution in [3.63, 3.8) is 0 Å². The maximum absolute atomic E-state index is 12.4. The largest absolute Gasteiger partial charge is 0.330 e. The number of hydrogen-bond acceptors (Lipinski definition) is 3. The fraction of sp³-hybridized carbons (Fsp3) is 0.364. The van der Waals surface area contributed by atoms with Gasteiger partial charge in [-0.05, 0) is 62.2 Å². The maximum Gasteiger partial charge on any atom is 0.255 e. The van der Waals surface area contributed by atoms with Crippen molar-refractivity contribution in [3.05, 3.63) is 59.9 Å². The van der Waals surface area contributed by atoms with Crippen LogP contribution in [0.15, 0.2) is 48.5 Å². The van der Waals surface area contributed by atoms with Crippen molar-refractivity contribution in [2.45, 2.75) is 26.3 Å². The Balaban J connectivity index is 1.52. The summed E-state index contributed by atoms with van der Waals surface area (Å²) in [6, 6.07) is 15.2. The maximum atomic E-state index is 12.4. The first-order valence-corrected chi connectivity index (χ1v) is 9.64. The molecule has 4 rings (SSSR count). The normalized spacial score (nSPS) is 15.9. The summed E-state index contributed by atoms with van der Waals surface area (Å²) in [5.74, 6) is 1.80. The molecule has 140 valence electrons. The number of aromatic nitrogens is 2. The van der Waals surface area contributed by atoms with Crippen LogP contribution in [0.25, 0.3) is 11.0 Å². The van der Waals surface area contributed by atoms with Crippen LogP contribution in [0.4, 0.5) is 5.69 Å². The van der Waals surface area contributed by atoms with E-state index < -0.39 is 0 Å². The van der Waals surface area contributed by atoms with Gasteiger partial charge in [-0.1, -0.05) is 25.1 Å². The minimum atomic E-state index is -0.103. The summed E-state index contributed by atoms with van der Waals surface area (Å²) in [5, 5.41) is 2.97. The molecule has 27 heavy (non-hydrogen) atoms. The van der Waals surface area contributed by atoms with Crippen LogP contribution in [0.5, 0.6) is 0 Å². The number of imidazole rings is 1. The molecule has 0 aliphatic carbocycles. The molecule has 1 N–H and O–H groups in total. The van der Waals surface area contributed by atoms with Gasteiger partial charge >= 0.3 is 0 Å². The monoisotopic (exact) mass is 362 g/mol. The third-order valence-corrected chi connectivity index (χ3v) is 5.51. The lowest BCUT2D eigenvalue weighted by Crippen LogP contribution is -2.33. The number of carbonyl (C=O) groups excluding carboxylic acids is 1. The van der Waals surface area contributed by atoms with E-state index in [4.69, 9.17) is 4.98 Å². The molecule has 0 atom stereocenters. The molecule has 1 aliphatic rings. The Morgan fingerprint density at radius 3 is 2.63 bits per heavy atom. The van der Waals surface area contributed by atoms with E-state index in [1.807, 2.05) is 48.5 Å². The number of carbonyl (C=O) groups is 1. The molecule has 0 saturated carbocycles. The fourth-order valence-electron chi connectivity index (χ4n) is 3.68. The van der Waals surface area contributed by atoms with Crippen molar-refractivity contribution >= 4 is 22.6 Å². The first-order chi connectivity index (χ1) is 13.1. The van der Waals surface area contributed by atoms with Crippen LogP contribution >= 0.6 is 0 Å². The van der Waals surface area contributed by atoms with E-state index in [9.17, 15) is 4.79 Å². The molecular weight excluding hydrogens is 336 g/mol. The van der Waals surface area contributed by atoms with Crippen LogP contribution in [-0.4, -0.2) is 33.4 Å². The van der Waals surface area contributed by atoms with Crippen LogP contribution in [0, 0.1) is 5.92 Å². The number of amides is 1. The quantitative estimate of drug-likeness (QED) is 0.761. The van der Waals surface area contributed by atoms with Crippen molar-refractivity contribution in [1.82, 2.24) is 14.5 Å². The number of fused-ring (bicyclic) bond motifs is 1. The molecule has 0 bridgehead atoms. The summed E-state index contributed by atoms with van der Waals surface area (Å²) in [7, 11) is 2.07. The minimum absolute atomic E-state index is 0.103. The molecule has 2 heterocycles. The van der Waals surface area contributed by atoms with Crippen LogP contribution in [-0.2, 0) is 13.6 Å². The SMILES string of the molecule is CC1CCN(Cc2nc3cc(NC(=O)c4ccccc4)ccc3n2C)CC1. The van der Waals surface area contributed by atoms with Gasteiger partial charge in [0, 0.05) is 18.3 Å². The molecule has 0 spiro atoms. The molecular formula is C22H26N4O. The number of nitrogens with one attached hydrogen (secondary N) is 1. The summed E-state index contributed by atoms with van der Waals surface area (Å²) in [6.07, 6.45) is 2.53. The van der Waals surface area contributed by atoms with Crippen LogP contribution in [0.1, 0.15) is 35.9 Å². The Kier molecular flexibility index (Phi) is 4.94. The van der Waals surface area contributed by atoms with Gasteiger partial charge in [-0.15, -0.1) is 0 Å². The third kappa shape index (κ3) is 3.88. The number of benzene rings is 2. The Bertz CT molecular complexity index is 940. The van der Waals surface area contributed by atoms with Gasteiger partial charge in [0.05, 0.1) is 17.6 Å². The fourth-order valence-corrected chi connectivity index (χ4v) is 3.68. The zero-order chi connectivity index (χ0) is 18.8. The van der Waals surface area contributed by atoms with Crippen LogP contribution in [0.3, 0.4) is 0 Å². The molecule has 2 aromatic carbocycles. The summed E-state index contributed by atoms with van der Waals surface area (Å²) in [4.78, 5) is 19.7. The Labute approximate surface area is 160 Å². The molecule has 1 saturated heterocycles. The number of aryl methyl sites for hydroxylation is 1. The van der Waals surface area contributed by atoms with Gasteiger partial charge in [0.2, 0.25) is 0 Å². The lowest BCUT2D eigenvalue weighted by molar-refractivity contribution is 0.102. The van der Waals surface area contributed by atoms with E-state index in [2.05, 4.69) is 28.8 Å². The Morgan fingerprint density at radius 1 is 1.15 bits per heavy atom. The zero-order valence-electron chi connectivity index (χ0n) is 16.0. The lowest BCUT2D eigenvalue weighted by atomic mass is 9.99. The topological polar surface area (TPSA) is 50.2 Å². The highest BCUT2D eigenvalue weighted by Gasteiger charge is 2.18. The molecule has 3 aromatic rings. The van der Waals surface area contributed by atoms with E-state index in [1.165, 1.54) is 12.8 Å². The van der Waals surface area contributed by atoms with Crippen LogP contribution < -0.4 is 5.32 Å². The molecule has 1 fully saturated rings. The Hall–Kier alpha value is -2.66. The van der Waals surface area contributed by atoms with Gasteiger partial charge in [0.15, 0.2) is 0 Å². The van der Waals surface area contributed by atoms with Gasteiger partial charge in [0.1, 0.15) is 5.82 Å². The molecule has 0 unspecified atom stereocenters. The summed E-state index contributed by atoms with van der Waals surface area (Å²) in [6.45, 7) is 5.49. The number of hydrogen-bond donors (Lipinski definition) is 1. The highest BCUT2D eigenvalue weighted by atomic mass is 16.1. The second kappa shape index (κ2) is 7.53.